The van der Waals surface area contributed by atoms with Crippen molar-refractivity contribution >= 4 is 0 Å². The van der Waals surface area contributed by atoms with Crippen LogP contribution in [0.2, 0.25) is 0 Å². The van der Waals surface area contributed by atoms with Gasteiger partial charge >= 0.3 is 6.36 Å². The van der Waals surface area contributed by atoms with E-state index in [0.717, 1.165) is 12.8 Å². The molecule has 5 heteroatoms. The summed E-state index contributed by atoms with van der Waals surface area (Å²) in [7, 11) is 0. The van der Waals surface area contributed by atoms with Crippen molar-refractivity contribution in [3.05, 3.63) is 29.8 Å². The predicted molar refractivity (Wildman–Crippen MR) is 53.1 cm³/mol. The molecule has 0 spiro atoms. The highest BCUT2D eigenvalue weighted by Gasteiger charge is 2.35. The van der Waals surface area contributed by atoms with E-state index >= 15 is 0 Å². The summed E-state index contributed by atoms with van der Waals surface area (Å²) in [5.74, 6) is -0.0135. The van der Waals surface area contributed by atoms with Crippen molar-refractivity contribution in [1.82, 2.24) is 0 Å². The number of ether oxygens (including phenoxy) is 1. The Hall–Kier alpha value is -1.23. The first kappa shape index (κ1) is 11.3. The van der Waals surface area contributed by atoms with Gasteiger partial charge in [0.15, 0.2) is 0 Å². The molecule has 2 rings (SSSR count). The fraction of sp³-hybridized carbons (Fsp3) is 0.455. The van der Waals surface area contributed by atoms with Gasteiger partial charge in [0.2, 0.25) is 0 Å². The van der Waals surface area contributed by atoms with Crippen LogP contribution in [0.25, 0.3) is 0 Å². The van der Waals surface area contributed by atoms with E-state index in [1.54, 1.807) is 12.1 Å². The van der Waals surface area contributed by atoms with Crippen molar-refractivity contribution in [1.29, 1.82) is 0 Å². The molecule has 0 amide bonds. The molecule has 1 aromatic rings. The first-order chi connectivity index (χ1) is 7.46. The van der Waals surface area contributed by atoms with Gasteiger partial charge in [-0.3, -0.25) is 0 Å². The second kappa shape index (κ2) is 3.97. The molecule has 0 aromatic heterocycles. The summed E-state index contributed by atoms with van der Waals surface area (Å²) in [5.41, 5.74) is 6.22. The minimum Gasteiger partial charge on any atom is -0.405 e. The summed E-state index contributed by atoms with van der Waals surface area (Å²) in [6.45, 7) is 0. The second-order valence-corrected chi connectivity index (χ2v) is 4.01. The van der Waals surface area contributed by atoms with Gasteiger partial charge in [-0.15, -0.1) is 13.2 Å². The summed E-state index contributed by atoms with van der Waals surface area (Å²) in [6.07, 6.45) is -3.20. The molecule has 0 unspecified atom stereocenters. The first-order valence-electron chi connectivity index (χ1n) is 5.06. The van der Waals surface area contributed by atoms with E-state index in [9.17, 15) is 13.2 Å². The van der Waals surface area contributed by atoms with Crippen LogP contribution in [0.5, 0.6) is 5.75 Å². The minimum atomic E-state index is -4.64. The lowest BCUT2D eigenvalue weighted by atomic mass is 9.76. The molecular formula is C11H12F3NO. The number of hydrogen-bond acceptors (Lipinski definition) is 2. The van der Waals surface area contributed by atoms with Crippen molar-refractivity contribution in [2.75, 3.05) is 0 Å². The van der Waals surface area contributed by atoms with E-state index in [2.05, 4.69) is 4.74 Å². The van der Waals surface area contributed by atoms with E-state index in [-0.39, 0.29) is 17.7 Å². The van der Waals surface area contributed by atoms with Crippen LogP contribution in [-0.4, -0.2) is 12.4 Å². The molecule has 2 nitrogen and oxygen atoms in total. The van der Waals surface area contributed by atoms with Crippen LogP contribution in [0, 0.1) is 0 Å². The largest absolute Gasteiger partial charge is 0.573 e. The molecule has 0 atom stereocenters. The molecule has 1 saturated carbocycles. The Balaban J connectivity index is 2.18. The average Bonchev–Trinajstić information content (AvgIpc) is 2.12. The van der Waals surface area contributed by atoms with E-state index in [0.29, 0.717) is 5.56 Å². The summed E-state index contributed by atoms with van der Waals surface area (Å²) >= 11 is 0. The van der Waals surface area contributed by atoms with Gasteiger partial charge in [-0.05, 0) is 30.4 Å². The van der Waals surface area contributed by atoms with Crippen molar-refractivity contribution in [3.8, 4) is 5.75 Å². The average molecular weight is 231 g/mol. The quantitative estimate of drug-likeness (QED) is 0.849. The standard InChI is InChI=1S/C11H12F3NO/c12-11(13,14)16-10-4-2-1-3-9(10)7-5-8(15)6-7/h1-4,7-8H,5-6,15H2. The molecule has 88 valence electrons. The molecule has 1 aliphatic rings. The molecule has 2 N–H and O–H groups in total. The highest BCUT2D eigenvalue weighted by molar-refractivity contribution is 5.38. The van der Waals surface area contributed by atoms with Gasteiger partial charge in [-0.2, -0.15) is 0 Å². The molecule has 1 aromatic carbocycles. The highest BCUT2D eigenvalue weighted by Crippen LogP contribution is 2.41. The van der Waals surface area contributed by atoms with Crippen LogP contribution in [-0.2, 0) is 0 Å². The van der Waals surface area contributed by atoms with Crippen molar-refractivity contribution in [3.63, 3.8) is 0 Å². The van der Waals surface area contributed by atoms with E-state index in [4.69, 9.17) is 5.73 Å². The normalized spacial score (nSPS) is 25.0. The molecule has 0 radical (unpaired) electrons. The molecule has 0 heterocycles. The fourth-order valence-corrected chi connectivity index (χ4v) is 1.95. The molecule has 0 saturated heterocycles. The van der Waals surface area contributed by atoms with Gasteiger partial charge in [0.1, 0.15) is 5.75 Å². The van der Waals surface area contributed by atoms with E-state index in [1.165, 1.54) is 12.1 Å². The summed E-state index contributed by atoms with van der Waals surface area (Å²) in [5, 5.41) is 0. The fourth-order valence-electron chi connectivity index (χ4n) is 1.95. The zero-order valence-electron chi connectivity index (χ0n) is 8.50. The van der Waals surface area contributed by atoms with Gasteiger partial charge in [-0.1, -0.05) is 18.2 Å². The van der Waals surface area contributed by atoms with Crippen LogP contribution in [0.4, 0.5) is 13.2 Å². The third-order valence-corrected chi connectivity index (χ3v) is 2.76. The minimum absolute atomic E-state index is 0.0912. The molecule has 1 aliphatic carbocycles. The Morgan fingerprint density at radius 2 is 1.81 bits per heavy atom. The lowest BCUT2D eigenvalue weighted by Crippen LogP contribution is -2.35. The van der Waals surface area contributed by atoms with E-state index in [1.807, 2.05) is 0 Å². The van der Waals surface area contributed by atoms with Gasteiger partial charge in [0.05, 0.1) is 0 Å². The lowest BCUT2D eigenvalue weighted by molar-refractivity contribution is -0.275. The molecular weight excluding hydrogens is 219 g/mol. The second-order valence-electron chi connectivity index (χ2n) is 4.01. The van der Waals surface area contributed by atoms with Gasteiger partial charge < -0.3 is 10.5 Å². The van der Waals surface area contributed by atoms with Gasteiger partial charge in [0, 0.05) is 6.04 Å². The van der Waals surface area contributed by atoms with Crippen LogP contribution in [0.15, 0.2) is 24.3 Å². The Morgan fingerprint density at radius 1 is 1.19 bits per heavy atom. The van der Waals surface area contributed by atoms with Crippen LogP contribution < -0.4 is 10.5 Å². The number of halogens is 3. The van der Waals surface area contributed by atoms with Crippen molar-refractivity contribution < 1.29 is 17.9 Å². The van der Waals surface area contributed by atoms with E-state index < -0.39 is 6.36 Å². The maximum absolute atomic E-state index is 12.1. The number of benzene rings is 1. The number of para-hydroxylation sites is 1. The smallest absolute Gasteiger partial charge is 0.405 e. The van der Waals surface area contributed by atoms with Crippen LogP contribution >= 0.6 is 0 Å². The molecule has 0 bridgehead atoms. The first-order valence-corrected chi connectivity index (χ1v) is 5.06. The Kier molecular flexibility index (Phi) is 2.80. The third kappa shape index (κ3) is 2.47. The maximum atomic E-state index is 12.1. The van der Waals surface area contributed by atoms with Crippen molar-refractivity contribution in [2.45, 2.75) is 31.2 Å². The number of alkyl halides is 3. The Bertz CT molecular complexity index is 372. The Morgan fingerprint density at radius 3 is 2.38 bits per heavy atom. The third-order valence-electron chi connectivity index (χ3n) is 2.76. The predicted octanol–water partition coefficient (Wildman–Crippen LogP) is 2.79. The maximum Gasteiger partial charge on any atom is 0.573 e. The summed E-state index contributed by atoms with van der Waals surface area (Å²) in [6, 6.07) is 6.35. The van der Waals surface area contributed by atoms with Gasteiger partial charge in [0.25, 0.3) is 0 Å². The molecule has 1 fully saturated rings. The number of hydrogen-bond donors (Lipinski definition) is 1. The SMILES string of the molecule is NC1CC(c2ccccc2OC(F)(F)F)C1. The summed E-state index contributed by atoms with van der Waals surface area (Å²) < 4.78 is 40.4. The monoisotopic (exact) mass is 231 g/mol. The van der Waals surface area contributed by atoms with Crippen molar-refractivity contribution in [2.24, 2.45) is 5.73 Å². The lowest BCUT2D eigenvalue weighted by Gasteiger charge is -2.33. The van der Waals surface area contributed by atoms with Crippen LogP contribution in [0.1, 0.15) is 24.3 Å². The molecule has 16 heavy (non-hydrogen) atoms. The Labute approximate surface area is 91.2 Å². The zero-order chi connectivity index (χ0) is 11.8. The number of rotatable bonds is 2. The zero-order valence-corrected chi connectivity index (χ0v) is 8.50. The molecule has 0 aliphatic heterocycles. The van der Waals surface area contributed by atoms with Gasteiger partial charge in [-0.25, -0.2) is 0 Å². The highest BCUT2D eigenvalue weighted by atomic mass is 19.4. The van der Waals surface area contributed by atoms with Crippen LogP contribution in [0.3, 0.4) is 0 Å². The summed E-state index contributed by atoms with van der Waals surface area (Å²) in [4.78, 5) is 0. The number of nitrogens with two attached hydrogens (primary N) is 1. The topological polar surface area (TPSA) is 35.2 Å².